The highest BCUT2D eigenvalue weighted by Crippen LogP contribution is 2.19. The third-order valence-corrected chi connectivity index (χ3v) is 3.74. The number of hydrogen-bond donors (Lipinski definition) is 0. The van der Waals surface area contributed by atoms with Crippen LogP contribution in [0.1, 0.15) is 11.1 Å². The second-order valence-corrected chi connectivity index (χ2v) is 5.79. The summed E-state index contributed by atoms with van der Waals surface area (Å²) in [5.41, 5.74) is 36.9. The Balaban J connectivity index is 0.000000258. The molecule has 0 aliphatic carbocycles. The van der Waals surface area contributed by atoms with Crippen molar-refractivity contribution in [2.45, 2.75) is 0 Å². The maximum absolute atomic E-state index is 8.32. The molecule has 3 rings (SSSR count). The minimum absolute atomic E-state index is 0.495. The fraction of sp³-hybridized carbons (Fsp3) is 0. The smallest absolute Gasteiger partial charge is 0.0375 e. The summed E-state index contributed by atoms with van der Waals surface area (Å²) in [6.45, 7) is 0. The van der Waals surface area contributed by atoms with Gasteiger partial charge in [-0.05, 0) is 33.3 Å². The first kappa shape index (κ1) is 22.9. The number of rotatable bonds is 6. The molecule has 0 radical (unpaired) electrons. The highest BCUT2D eigenvalue weighted by Gasteiger charge is 1.91. The summed E-state index contributed by atoms with van der Waals surface area (Å²) in [6.07, 6.45) is 3.89. The van der Waals surface area contributed by atoms with Crippen molar-refractivity contribution in [1.82, 2.24) is 0 Å². The van der Waals surface area contributed by atoms with Crippen molar-refractivity contribution < 1.29 is 0 Å². The molecule has 154 valence electrons. The molecule has 12 nitrogen and oxygen atoms in total. The van der Waals surface area contributed by atoms with Gasteiger partial charge in [0.2, 0.25) is 0 Å². The average molecular weight is 422 g/mol. The molecule has 0 amide bonds. The Kier molecular flexibility index (Phi) is 9.29. The Labute approximate surface area is 181 Å². The molecule has 0 unspecified atom stereocenters. The molecule has 0 aromatic heterocycles. The van der Waals surface area contributed by atoms with Crippen molar-refractivity contribution in [1.29, 1.82) is 0 Å². The molecule has 0 heterocycles. The minimum atomic E-state index is 0.495. The fourth-order valence-corrected chi connectivity index (χ4v) is 2.29. The van der Waals surface area contributed by atoms with Crippen LogP contribution < -0.4 is 0 Å². The Morgan fingerprint density at radius 1 is 0.406 bits per heavy atom. The second kappa shape index (κ2) is 13.0. The van der Waals surface area contributed by atoms with Gasteiger partial charge in [-0.2, -0.15) is 0 Å². The van der Waals surface area contributed by atoms with Gasteiger partial charge in [0.05, 0.1) is 0 Å². The first-order chi connectivity index (χ1) is 15.7. The van der Waals surface area contributed by atoms with Crippen LogP contribution in [0.3, 0.4) is 0 Å². The van der Waals surface area contributed by atoms with Gasteiger partial charge in [-0.25, -0.2) is 0 Å². The van der Waals surface area contributed by atoms with E-state index in [9.17, 15) is 0 Å². The Hall–Kier alpha value is -5.36. The van der Waals surface area contributed by atoms with Crippen molar-refractivity contribution in [3.05, 3.63) is 126 Å². The number of nitrogens with zero attached hydrogens (tertiary/aromatic N) is 12. The normalized spacial score (nSPS) is 9.12. The lowest BCUT2D eigenvalue weighted by atomic mass is 10.1. The van der Waals surface area contributed by atoms with Crippen LogP contribution in [0.15, 0.2) is 93.3 Å². The summed E-state index contributed by atoms with van der Waals surface area (Å²) in [5.74, 6) is 0. The lowest BCUT2D eigenvalue weighted by molar-refractivity contribution is 1.43. The van der Waals surface area contributed by atoms with Crippen LogP contribution in [0.5, 0.6) is 0 Å². The van der Waals surface area contributed by atoms with Crippen molar-refractivity contribution in [2.75, 3.05) is 0 Å². The third kappa shape index (κ3) is 7.94. The summed E-state index contributed by atoms with van der Waals surface area (Å²) in [6, 6.07) is 20.8. The topological polar surface area (TPSA) is 195 Å². The van der Waals surface area contributed by atoms with Crippen LogP contribution in [0.4, 0.5) is 22.7 Å². The minimum Gasteiger partial charge on any atom is -0.0608 e. The van der Waals surface area contributed by atoms with Gasteiger partial charge in [0.15, 0.2) is 0 Å². The van der Waals surface area contributed by atoms with E-state index >= 15 is 0 Å². The van der Waals surface area contributed by atoms with Crippen LogP contribution in [0, 0.1) is 0 Å². The maximum atomic E-state index is 8.32. The molecule has 0 N–H and O–H groups in total. The van der Waals surface area contributed by atoms with Gasteiger partial charge in [0.1, 0.15) is 0 Å². The van der Waals surface area contributed by atoms with Crippen LogP contribution in [0.2, 0.25) is 0 Å². The van der Waals surface area contributed by atoms with Crippen LogP contribution in [0.25, 0.3) is 53.9 Å². The summed E-state index contributed by atoms with van der Waals surface area (Å²) >= 11 is 0. The highest BCUT2D eigenvalue weighted by atomic mass is 15.1. The van der Waals surface area contributed by atoms with E-state index in [0.29, 0.717) is 22.7 Å². The highest BCUT2D eigenvalue weighted by molar-refractivity contribution is 5.70. The first-order valence-electron chi connectivity index (χ1n) is 8.87. The molecular weight excluding hydrogens is 408 g/mol. The van der Waals surface area contributed by atoms with Crippen molar-refractivity contribution >= 4 is 34.9 Å². The Bertz CT molecular complexity index is 1150. The van der Waals surface area contributed by atoms with Gasteiger partial charge < -0.3 is 0 Å². The molecule has 3 aromatic rings. The summed E-state index contributed by atoms with van der Waals surface area (Å²) < 4.78 is 0. The quantitative estimate of drug-likeness (QED) is 0.158. The van der Waals surface area contributed by atoms with E-state index in [1.165, 1.54) is 0 Å². The molecule has 12 heteroatoms. The molecule has 3 aromatic carbocycles. The molecule has 0 aliphatic heterocycles. The Morgan fingerprint density at radius 2 is 0.625 bits per heavy atom. The zero-order chi connectivity index (χ0) is 23.0. The van der Waals surface area contributed by atoms with Crippen LogP contribution in [-0.2, 0) is 0 Å². The van der Waals surface area contributed by atoms with Gasteiger partial charge in [-0.15, -0.1) is 0 Å². The Morgan fingerprint density at radius 3 is 0.844 bits per heavy atom. The molecule has 32 heavy (non-hydrogen) atoms. The molecule has 0 saturated carbocycles. The van der Waals surface area contributed by atoms with E-state index in [-0.39, 0.29) is 0 Å². The molecular formula is C20H14N12. The lowest BCUT2D eigenvalue weighted by Crippen LogP contribution is -1.72. The van der Waals surface area contributed by atoms with E-state index in [1.807, 2.05) is 36.4 Å². The van der Waals surface area contributed by atoms with Crippen molar-refractivity contribution in [2.24, 2.45) is 20.5 Å². The lowest BCUT2D eigenvalue weighted by Gasteiger charge is -1.96. The molecule has 0 bridgehead atoms. The largest absolute Gasteiger partial charge is 0.0608 e. The van der Waals surface area contributed by atoms with Crippen LogP contribution >= 0.6 is 0 Å². The van der Waals surface area contributed by atoms with Gasteiger partial charge in [-0.3, -0.25) is 0 Å². The molecule has 0 spiro atoms. The van der Waals surface area contributed by atoms with E-state index in [2.05, 4.69) is 40.1 Å². The average Bonchev–Trinajstić information content (AvgIpc) is 2.82. The summed E-state index contributed by atoms with van der Waals surface area (Å²) in [4.78, 5) is 10.7. The SMILES string of the molecule is [N-]=[N+]=Nc1ccc(C=Cc2ccc(N=[N+]=[N-])cc2)cc1.[N-]=[N+]=Nc1ccc(N=[N+]=[N-])cc1. The monoisotopic (exact) mass is 422 g/mol. The van der Waals surface area contributed by atoms with E-state index in [4.69, 9.17) is 22.1 Å². The summed E-state index contributed by atoms with van der Waals surface area (Å²) in [5, 5.41) is 13.7. The molecule has 0 atom stereocenters. The number of hydrogen-bond acceptors (Lipinski definition) is 4. The standard InChI is InChI=1S/C14H10N6.C6H4N6/c15-19-17-13-7-3-11(4-8-13)1-2-12-5-9-14(10-6-12)18-20-16;7-11-9-5-1-2-6(4-3-5)10-12-8/h1-10H;1-4H. The first-order valence-corrected chi connectivity index (χ1v) is 8.87. The maximum Gasteiger partial charge on any atom is 0.0375 e. The summed E-state index contributed by atoms with van der Waals surface area (Å²) in [7, 11) is 0. The van der Waals surface area contributed by atoms with Crippen molar-refractivity contribution in [3.63, 3.8) is 0 Å². The zero-order valence-corrected chi connectivity index (χ0v) is 16.4. The van der Waals surface area contributed by atoms with Gasteiger partial charge in [0, 0.05) is 42.4 Å². The fourth-order valence-electron chi connectivity index (χ4n) is 2.29. The van der Waals surface area contributed by atoms with E-state index in [0.717, 1.165) is 11.1 Å². The van der Waals surface area contributed by atoms with Gasteiger partial charge in [0.25, 0.3) is 0 Å². The van der Waals surface area contributed by atoms with E-state index < -0.39 is 0 Å². The molecule has 0 fully saturated rings. The third-order valence-electron chi connectivity index (χ3n) is 3.74. The van der Waals surface area contributed by atoms with E-state index in [1.54, 1.807) is 48.5 Å². The van der Waals surface area contributed by atoms with Crippen molar-refractivity contribution in [3.8, 4) is 0 Å². The number of benzene rings is 3. The molecule has 0 aliphatic rings. The number of azide groups is 4. The molecule has 0 saturated heterocycles. The second-order valence-electron chi connectivity index (χ2n) is 5.79. The predicted octanol–water partition coefficient (Wildman–Crippen LogP) is 9.31. The zero-order valence-electron chi connectivity index (χ0n) is 16.4. The predicted molar refractivity (Wildman–Crippen MR) is 123 cm³/mol. The van der Waals surface area contributed by atoms with Crippen LogP contribution in [-0.4, -0.2) is 0 Å². The van der Waals surface area contributed by atoms with Gasteiger partial charge >= 0.3 is 0 Å². The van der Waals surface area contributed by atoms with Gasteiger partial charge in [-0.1, -0.05) is 105 Å².